The Kier molecular flexibility index (Phi) is 5.23. The van der Waals surface area contributed by atoms with Gasteiger partial charge in [0.25, 0.3) is 5.91 Å². The van der Waals surface area contributed by atoms with Crippen LogP contribution in [-0.2, 0) is 0 Å². The minimum Gasteiger partial charge on any atom is -0.459 e. The number of benzene rings is 2. The zero-order valence-corrected chi connectivity index (χ0v) is 15.6. The summed E-state index contributed by atoms with van der Waals surface area (Å²) < 4.78 is 19.8. The molecule has 1 unspecified atom stereocenters. The minimum absolute atomic E-state index is 0.0883. The molecule has 0 radical (unpaired) electrons. The van der Waals surface area contributed by atoms with E-state index in [2.05, 4.69) is 5.32 Å². The Hall–Kier alpha value is -2.08. The molecule has 0 aliphatic carbocycles. The van der Waals surface area contributed by atoms with E-state index in [1.54, 1.807) is 13.0 Å². The van der Waals surface area contributed by atoms with E-state index in [-0.39, 0.29) is 26.9 Å². The van der Waals surface area contributed by atoms with E-state index in [0.29, 0.717) is 23.1 Å². The lowest BCUT2D eigenvalue weighted by Gasteiger charge is -2.10. The van der Waals surface area contributed by atoms with Gasteiger partial charge in [-0.2, -0.15) is 0 Å². The Morgan fingerprint density at radius 1 is 1.31 bits per heavy atom. The van der Waals surface area contributed by atoms with Crippen molar-refractivity contribution >= 4 is 45.8 Å². The van der Waals surface area contributed by atoms with Crippen molar-refractivity contribution in [3.63, 3.8) is 0 Å². The largest absolute Gasteiger partial charge is 0.459 e. The molecule has 4 nitrogen and oxygen atoms in total. The topological polar surface area (TPSA) is 62.5 Å². The van der Waals surface area contributed by atoms with Crippen molar-refractivity contribution in [1.29, 1.82) is 0 Å². The van der Waals surface area contributed by atoms with Gasteiger partial charge in [-0.05, 0) is 31.5 Å². The fraction of sp³-hybridized carbons (Fsp3) is 0.211. The van der Waals surface area contributed by atoms with Crippen molar-refractivity contribution in [2.24, 2.45) is 0 Å². The number of hydrogen-bond donors (Lipinski definition) is 2. The Labute approximate surface area is 159 Å². The second-order valence-electron chi connectivity index (χ2n) is 5.88. The highest BCUT2D eigenvalue weighted by Gasteiger charge is 2.22. The Bertz CT molecular complexity index is 980. The van der Waals surface area contributed by atoms with Crippen LogP contribution in [-0.4, -0.2) is 11.0 Å². The third kappa shape index (κ3) is 3.30. The molecule has 1 atom stereocenters. The molecule has 0 spiro atoms. The molecule has 2 N–H and O–H groups in total. The van der Waals surface area contributed by atoms with E-state index in [1.807, 2.05) is 6.92 Å². The molecule has 0 saturated carbocycles. The maximum atomic E-state index is 14.1. The van der Waals surface area contributed by atoms with Crippen LogP contribution in [0.25, 0.3) is 11.0 Å². The monoisotopic (exact) mass is 395 g/mol. The number of carbonyl (C=O) groups excluding carboxylic acids is 1. The molecule has 3 aromatic rings. The Balaban J connectivity index is 2.10. The summed E-state index contributed by atoms with van der Waals surface area (Å²) in [7, 11) is 0. The van der Waals surface area contributed by atoms with Gasteiger partial charge in [0.1, 0.15) is 11.6 Å². The summed E-state index contributed by atoms with van der Waals surface area (Å²) in [6.45, 7) is 3.49. The van der Waals surface area contributed by atoms with Crippen LogP contribution in [0.2, 0.25) is 10.0 Å². The number of fused-ring (bicyclic) bond motifs is 1. The van der Waals surface area contributed by atoms with Gasteiger partial charge in [-0.1, -0.05) is 36.2 Å². The van der Waals surface area contributed by atoms with Gasteiger partial charge in [-0.15, -0.1) is 0 Å². The fourth-order valence-corrected chi connectivity index (χ4v) is 3.48. The van der Waals surface area contributed by atoms with Gasteiger partial charge in [0.2, 0.25) is 0 Å². The van der Waals surface area contributed by atoms with Crippen LogP contribution < -0.4 is 5.32 Å². The quantitative estimate of drug-likeness (QED) is 0.579. The van der Waals surface area contributed by atoms with Crippen LogP contribution in [0.5, 0.6) is 0 Å². The minimum atomic E-state index is -0.792. The summed E-state index contributed by atoms with van der Waals surface area (Å²) in [6.07, 6.45) is -0.345. The predicted octanol–water partition coefficient (Wildman–Crippen LogP) is 5.88. The first-order valence-corrected chi connectivity index (χ1v) is 8.75. The van der Waals surface area contributed by atoms with Crippen LogP contribution in [0.15, 0.2) is 34.7 Å². The summed E-state index contributed by atoms with van der Waals surface area (Å²) in [5.74, 6) is -0.686. The molecule has 26 heavy (non-hydrogen) atoms. The summed E-state index contributed by atoms with van der Waals surface area (Å²) in [4.78, 5) is 12.6. The molecule has 0 aliphatic heterocycles. The van der Waals surface area contributed by atoms with Crippen LogP contribution in [0, 0.1) is 12.7 Å². The van der Waals surface area contributed by atoms with E-state index in [9.17, 15) is 14.3 Å². The van der Waals surface area contributed by atoms with Crippen LogP contribution in [0.3, 0.4) is 0 Å². The van der Waals surface area contributed by atoms with Crippen molar-refractivity contribution in [3.05, 3.63) is 63.1 Å². The zero-order chi connectivity index (χ0) is 19.0. The average Bonchev–Trinajstić information content (AvgIpc) is 2.90. The van der Waals surface area contributed by atoms with Gasteiger partial charge in [-0.3, -0.25) is 4.79 Å². The van der Waals surface area contributed by atoms with Gasteiger partial charge in [0.05, 0.1) is 27.4 Å². The number of aliphatic hydroxyl groups is 1. The average molecular weight is 396 g/mol. The van der Waals surface area contributed by atoms with Crippen molar-refractivity contribution in [1.82, 2.24) is 0 Å². The van der Waals surface area contributed by atoms with E-state index in [4.69, 9.17) is 27.6 Å². The van der Waals surface area contributed by atoms with Crippen molar-refractivity contribution in [2.75, 3.05) is 5.32 Å². The highest BCUT2D eigenvalue weighted by molar-refractivity contribution is 6.40. The number of anilines is 1. The molecule has 2 aromatic carbocycles. The lowest BCUT2D eigenvalue weighted by Crippen LogP contribution is -2.13. The first kappa shape index (κ1) is 18.7. The molecular formula is C19H16Cl2FNO3. The number of amides is 1. The predicted molar refractivity (Wildman–Crippen MR) is 101 cm³/mol. The first-order valence-electron chi connectivity index (χ1n) is 7.99. The highest BCUT2D eigenvalue weighted by Crippen LogP contribution is 2.37. The molecule has 3 rings (SSSR count). The number of furan rings is 1. The number of halogens is 3. The van der Waals surface area contributed by atoms with E-state index in [0.717, 1.165) is 6.07 Å². The normalized spacial score (nSPS) is 12.4. The number of aryl methyl sites for hydroxylation is 1. The molecule has 136 valence electrons. The smallest absolute Gasteiger partial charge is 0.258 e. The fourth-order valence-electron chi connectivity index (χ4n) is 2.91. The molecule has 0 aliphatic rings. The SMILES string of the molecule is CCC(O)c1c(C)oc2c(NC(=O)c3c(Cl)cccc3Cl)cc(F)cc12. The standard InChI is InChI=1S/C19H16Cl2FNO3/c1-3-15(24)16-9(2)26-18-11(16)7-10(22)8-14(18)23-19(25)17-12(20)5-4-6-13(17)21/h4-8,15,24H,3H2,1-2H3,(H,23,25). The Morgan fingerprint density at radius 2 is 1.96 bits per heavy atom. The number of nitrogens with one attached hydrogen (secondary N) is 1. The molecule has 1 amide bonds. The van der Waals surface area contributed by atoms with Gasteiger partial charge < -0.3 is 14.8 Å². The van der Waals surface area contributed by atoms with E-state index in [1.165, 1.54) is 18.2 Å². The lowest BCUT2D eigenvalue weighted by atomic mass is 10.0. The highest BCUT2D eigenvalue weighted by atomic mass is 35.5. The van der Waals surface area contributed by atoms with Crippen molar-refractivity contribution in [3.8, 4) is 0 Å². The molecule has 0 bridgehead atoms. The van der Waals surface area contributed by atoms with Gasteiger partial charge in [0.15, 0.2) is 5.58 Å². The maximum absolute atomic E-state index is 14.1. The first-order chi connectivity index (χ1) is 12.3. The maximum Gasteiger partial charge on any atom is 0.258 e. The Morgan fingerprint density at radius 3 is 2.58 bits per heavy atom. The van der Waals surface area contributed by atoms with Crippen LogP contribution in [0.1, 0.15) is 41.1 Å². The number of carbonyl (C=O) groups is 1. The second-order valence-corrected chi connectivity index (χ2v) is 6.69. The van der Waals surface area contributed by atoms with Crippen LogP contribution in [0.4, 0.5) is 10.1 Å². The molecular weight excluding hydrogens is 380 g/mol. The molecule has 1 aromatic heterocycles. The van der Waals surface area contributed by atoms with Gasteiger partial charge in [-0.25, -0.2) is 4.39 Å². The molecule has 7 heteroatoms. The van der Waals surface area contributed by atoms with Crippen molar-refractivity contribution in [2.45, 2.75) is 26.4 Å². The summed E-state index contributed by atoms with van der Waals surface area (Å²) >= 11 is 12.1. The molecule has 0 saturated heterocycles. The summed E-state index contributed by atoms with van der Waals surface area (Å²) in [5, 5.41) is 13.6. The van der Waals surface area contributed by atoms with Crippen molar-refractivity contribution < 1.29 is 18.7 Å². The lowest BCUT2D eigenvalue weighted by molar-refractivity contribution is 0.102. The van der Waals surface area contributed by atoms with E-state index < -0.39 is 17.8 Å². The van der Waals surface area contributed by atoms with Crippen LogP contribution >= 0.6 is 23.2 Å². The number of hydrogen-bond acceptors (Lipinski definition) is 3. The van der Waals surface area contributed by atoms with Gasteiger partial charge in [0, 0.05) is 17.0 Å². The summed E-state index contributed by atoms with van der Waals surface area (Å²) in [6, 6.07) is 7.12. The number of aliphatic hydroxyl groups excluding tert-OH is 1. The van der Waals surface area contributed by atoms with Gasteiger partial charge >= 0.3 is 0 Å². The third-order valence-electron chi connectivity index (χ3n) is 4.14. The third-order valence-corrected chi connectivity index (χ3v) is 4.77. The number of rotatable bonds is 4. The molecule has 1 heterocycles. The second kappa shape index (κ2) is 7.27. The summed E-state index contributed by atoms with van der Waals surface area (Å²) in [5.41, 5.74) is 1.01. The molecule has 0 fully saturated rings. The zero-order valence-electron chi connectivity index (χ0n) is 14.1. The van der Waals surface area contributed by atoms with E-state index >= 15 is 0 Å².